The number of fused-ring (bicyclic) bond motifs is 1. The molecule has 0 spiro atoms. The van der Waals surface area contributed by atoms with E-state index in [0.29, 0.717) is 0 Å². The molecule has 0 fully saturated rings. The van der Waals surface area contributed by atoms with Gasteiger partial charge in [-0.3, -0.25) is 9.38 Å². The molecule has 0 unspecified atom stereocenters. The average Bonchev–Trinajstić information content (AvgIpc) is 2.96. The molecule has 0 aliphatic carbocycles. The first-order chi connectivity index (χ1) is 11.3. The first-order valence-corrected chi connectivity index (χ1v) is 7.21. The van der Waals surface area contributed by atoms with E-state index in [1.165, 1.54) is 12.1 Å². The van der Waals surface area contributed by atoms with Crippen molar-refractivity contribution in [2.24, 2.45) is 0 Å². The SMILES string of the molecule is Fc1ccc(Nc2c(-c3cccnc3)nc3ccccn23)cc1. The van der Waals surface area contributed by atoms with Gasteiger partial charge >= 0.3 is 0 Å². The van der Waals surface area contributed by atoms with Crippen LogP contribution in [0.2, 0.25) is 0 Å². The van der Waals surface area contributed by atoms with Crippen LogP contribution in [0.1, 0.15) is 0 Å². The molecule has 0 atom stereocenters. The van der Waals surface area contributed by atoms with Gasteiger partial charge in [0.2, 0.25) is 0 Å². The molecule has 0 radical (unpaired) electrons. The second-order valence-corrected chi connectivity index (χ2v) is 5.11. The number of halogens is 1. The second-order valence-electron chi connectivity index (χ2n) is 5.11. The Kier molecular flexibility index (Phi) is 3.24. The minimum absolute atomic E-state index is 0.263. The zero-order valence-corrected chi connectivity index (χ0v) is 12.1. The number of benzene rings is 1. The summed E-state index contributed by atoms with van der Waals surface area (Å²) in [4.78, 5) is 8.85. The van der Waals surface area contributed by atoms with Crippen molar-refractivity contribution < 1.29 is 4.39 Å². The van der Waals surface area contributed by atoms with Gasteiger partial charge < -0.3 is 5.32 Å². The fraction of sp³-hybridized carbons (Fsp3) is 0. The molecule has 0 amide bonds. The molecule has 0 saturated carbocycles. The summed E-state index contributed by atoms with van der Waals surface area (Å²) < 4.78 is 15.1. The van der Waals surface area contributed by atoms with Crippen molar-refractivity contribution in [3.63, 3.8) is 0 Å². The molecule has 0 aliphatic heterocycles. The van der Waals surface area contributed by atoms with Crippen LogP contribution in [0.25, 0.3) is 16.9 Å². The Hall–Kier alpha value is -3.21. The highest BCUT2D eigenvalue weighted by Crippen LogP contribution is 2.30. The molecular weight excluding hydrogens is 291 g/mol. The minimum Gasteiger partial charge on any atom is -0.339 e. The number of imidazole rings is 1. The Labute approximate surface area is 132 Å². The van der Waals surface area contributed by atoms with Crippen molar-refractivity contribution in [2.75, 3.05) is 5.32 Å². The molecule has 3 aromatic heterocycles. The molecule has 4 nitrogen and oxygen atoms in total. The normalized spacial score (nSPS) is 10.8. The fourth-order valence-corrected chi connectivity index (χ4v) is 2.49. The van der Waals surface area contributed by atoms with Gasteiger partial charge in [0.25, 0.3) is 0 Å². The maximum absolute atomic E-state index is 13.1. The maximum Gasteiger partial charge on any atom is 0.143 e. The molecule has 0 aliphatic rings. The number of aromatic nitrogens is 3. The zero-order chi connectivity index (χ0) is 15.6. The van der Waals surface area contributed by atoms with Gasteiger partial charge in [0.05, 0.1) is 0 Å². The van der Waals surface area contributed by atoms with Gasteiger partial charge in [0.15, 0.2) is 0 Å². The summed E-state index contributed by atoms with van der Waals surface area (Å²) in [5.74, 6) is 0.557. The summed E-state index contributed by atoms with van der Waals surface area (Å²) in [6, 6.07) is 15.9. The Morgan fingerprint density at radius 1 is 0.957 bits per heavy atom. The summed E-state index contributed by atoms with van der Waals surface area (Å²) in [6.07, 6.45) is 5.44. The number of anilines is 2. The molecule has 4 rings (SSSR count). The predicted molar refractivity (Wildman–Crippen MR) is 88.1 cm³/mol. The minimum atomic E-state index is -0.263. The summed E-state index contributed by atoms with van der Waals surface area (Å²) >= 11 is 0. The van der Waals surface area contributed by atoms with Gasteiger partial charge in [-0.1, -0.05) is 6.07 Å². The van der Waals surface area contributed by atoms with Crippen LogP contribution >= 0.6 is 0 Å². The molecule has 5 heteroatoms. The zero-order valence-electron chi connectivity index (χ0n) is 12.1. The van der Waals surface area contributed by atoms with Crippen LogP contribution in [-0.4, -0.2) is 14.4 Å². The van der Waals surface area contributed by atoms with Gasteiger partial charge in [0.1, 0.15) is 23.0 Å². The lowest BCUT2D eigenvalue weighted by Gasteiger charge is -2.08. The number of hydrogen-bond donors (Lipinski definition) is 1. The van der Waals surface area contributed by atoms with Crippen molar-refractivity contribution in [3.8, 4) is 11.3 Å². The van der Waals surface area contributed by atoms with Crippen LogP contribution in [0.3, 0.4) is 0 Å². The standard InChI is InChI=1S/C18H13FN4/c19-14-6-8-15(9-7-14)21-18-17(13-4-3-10-20-12-13)22-16-5-1-2-11-23(16)18/h1-12,21H. The smallest absolute Gasteiger partial charge is 0.143 e. The van der Waals surface area contributed by atoms with Crippen molar-refractivity contribution in [1.82, 2.24) is 14.4 Å². The highest BCUT2D eigenvalue weighted by Gasteiger charge is 2.14. The predicted octanol–water partition coefficient (Wildman–Crippen LogP) is 4.28. The first-order valence-electron chi connectivity index (χ1n) is 7.21. The highest BCUT2D eigenvalue weighted by molar-refractivity contribution is 5.79. The lowest BCUT2D eigenvalue weighted by atomic mass is 10.2. The third kappa shape index (κ3) is 2.53. The van der Waals surface area contributed by atoms with Crippen molar-refractivity contribution >= 4 is 17.2 Å². The van der Waals surface area contributed by atoms with Crippen LogP contribution in [0, 0.1) is 5.82 Å². The van der Waals surface area contributed by atoms with Crippen molar-refractivity contribution in [2.45, 2.75) is 0 Å². The second kappa shape index (κ2) is 5.53. The number of nitrogens with zero attached hydrogens (tertiary/aromatic N) is 3. The van der Waals surface area contributed by atoms with E-state index in [2.05, 4.69) is 15.3 Å². The Morgan fingerprint density at radius 2 is 1.83 bits per heavy atom. The molecular formula is C18H13FN4. The van der Waals surface area contributed by atoms with Gasteiger partial charge in [-0.25, -0.2) is 9.37 Å². The van der Waals surface area contributed by atoms with Crippen molar-refractivity contribution in [3.05, 3.63) is 79.0 Å². The summed E-state index contributed by atoms with van der Waals surface area (Å²) in [6.45, 7) is 0. The third-order valence-electron chi connectivity index (χ3n) is 3.57. The molecule has 1 aromatic carbocycles. The Bertz CT molecular complexity index is 946. The van der Waals surface area contributed by atoms with Gasteiger partial charge in [0, 0.05) is 29.8 Å². The van der Waals surface area contributed by atoms with E-state index < -0.39 is 0 Å². The van der Waals surface area contributed by atoms with Crippen molar-refractivity contribution in [1.29, 1.82) is 0 Å². The van der Waals surface area contributed by atoms with E-state index in [1.807, 2.05) is 40.9 Å². The van der Waals surface area contributed by atoms with Crippen LogP contribution in [0.4, 0.5) is 15.9 Å². The lowest BCUT2D eigenvalue weighted by molar-refractivity contribution is 0.628. The number of pyridine rings is 2. The third-order valence-corrected chi connectivity index (χ3v) is 3.57. The summed E-state index contributed by atoms with van der Waals surface area (Å²) in [7, 11) is 0. The summed E-state index contributed by atoms with van der Waals surface area (Å²) in [5, 5.41) is 3.33. The molecule has 0 bridgehead atoms. The Balaban J connectivity index is 1.87. The van der Waals surface area contributed by atoms with Gasteiger partial charge in [-0.05, 0) is 48.5 Å². The number of hydrogen-bond acceptors (Lipinski definition) is 3. The topological polar surface area (TPSA) is 42.2 Å². The highest BCUT2D eigenvalue weighted by atomic mass is 19.1. The fourth-order valence-electron chi connectivity index (χ4n) is 2.49. The molecule has 23 heavy (non-hydrogen) atoms. The number of rotatable bonds is 3. The van der Waals surface area contributed by atoms with E-state index in [9.17, 15) is 4.39 Å². The largest absolute Gasteiger partial charge is 0.339 e. The average molecular weight is 304 g/mol. The van der Waals surface area contributed by atoms with Gasteiger partial charge in [-0.15, -0.1) is 0 Å². The van der Waals surface area contributed by atoms with Crippen LogP contribution in [0.5, 0.6) is 0 Å². The van der Waals surface area contributed by atoms with E-state index in [-0.39, 0.29) is 5.82 Å². The monoisotopic (exact) mass is 304 g/mol. The number of nitrogens with one attached hydrogen (secondary N) is 1. The Morgan fingerprint density at radius 3 is 2.61 bits per heavy atom. The maximum atomic E-state index is 13.1. The molecule has 0 saturated heterocycles. The van der Waals surface area contributed by atoms with Crippen LogP contribution in [-0.2, 0) is 0 Å². The van der Waals surface area contributed by atoms with E-state index >= 15 is 0 Å². The van der Waals surface area contributed by atoms with Crippen LogP contribution < -0.4 is 5.32 Å². The van der Waals surface area contributed by atoms with Crippen LogP contribution in [0.15, 0.2) is 73.2 Å². The summed E-state index contributed by atoms with van der Waals surface area (Å²) in [5.41, 5.74) is 3.34. The van der Waals surface area contributed by atoms with E-state index in [0.717, 1.165) is 28.4 Å². The van der Waals surface area contributed by atoms with Gasteiger partial charge in [-0.2, -0.15) is 0 Å². The molecule has 1 N–H and O–H groups in total. The molecule has 4 aromatic rings. The molecule has 3 heterocycles. The lowest BCUT2D eigenvalue weighted by Crippen LogP contribution is -1.97. The quantitative estimate of drug-likeness (QED) is 0.614. The first kappa shape index (κ1) is 13.5. The molecule has 112 valence electrons. The van der Waals surface area contributed by atoms with E-state index in [1.54, 1.807) is 24.5 Å². The van der Waals surface area contributed by atoms with E-state index in [4.69, 9.17) is 0 Å².